The van der Waals surface area contributed by atoms with E-state index in [1.165, 1.54) is 0 Å². The molecule has 2 atom stereocenters. The Bertz CT molecular complexity index is 284. The van der Waals surface area contributed by atoms with Crippen LogP contribution in [0.3, 0.4) is 0 Å². The van der Waals surface area contributed by atoms with Crippen LogP contribution in [0.5, 0.6) is 0 Å². The van der Waals surface area contributed by atoms with Gasteiger partial charge in [0, 0.05) is 6.04 Å². The molecule has 0 aromatic rings. The number of ether oxygens (including phenoxy) is 1. The minimum absolute atomic E-state index is 0.0732. The lowest BCUT2D eigenvalue weighted by Gasteiger charge is -2.21. The molecule has 0 spiro atoms. The predicted molar refractivity (Wildman–Crippen MR) is 80.8 cm³/mol. The van der Waals surface area contributed by atoms with Crippen molar-refractivity contribution in [3.63, 3.8) is 0 Å². The molecule has 1 saturated carbocycles. The van der Waals surface area contributed by atoms with Gasteiger partial charge in [-0.1, -0.05) is 27.7 Å². The Balaban J connectivity index is 0. The van der Waals surface area contributed by atoms with Gasteiger partial charge in [-0.3, -0.25) is 4.79 Å². The first-order valence-electron chi connectivity index (χ1n) is 7.50. The first kappa shape index (κ1) is 21.0. The quantitative estimate of drug-likeness (QED) is 0.810. The molecule has 2 N–H and O–H groups in total. The van der Waals surface area contributed by atoms with Crippen molar-refractivity contribution in [2.75, 3.05) is 0 Å². The number of hydrogen-bond acceptors (Lipinski definition) is 3. The van der Waals surface area contributed by atoms with Gasteiger partial charge in [0.05, 0.1) is 5.92 Å². The van der Waals surface area contributed by atoms with E-state index in [0.29, 0.717) is 19.3 Å². The number of carboxylic acid groups (broad SMARTS) is 1. The van der Waals surface area contributed by atoms with Gasteiger partial charge >= 0.3 is 12.1 Å². The summed E-state index contributed by atoms with van der Waals surface area (Å²) in [5.74, 6) is -1.12. The number of aliphatic carboxylic acids is 1. The molecule has 1 amide bonds. The van der Waals surface area contributed by atoms with Crippen LogP contribution in [-0.4, -0.2) is 28.8 Å². The maximum atomic E-state index is 11.4. The highest BCUT2D eigenvalue weighted by Crippen LogP contribution is 2.25. The Hall–Kier alpha value is -1.26. The summed E-state index contributed by atoms with van der Waals surface area (Å²) < 4.78 is 5.10. The van der Waals surface area contributed by atoms with Gasteiger partial charge in [0.15, 0.2) is 0 Å². The maximum Gasteiger partial charge on any atom is 0.407 e. The van der Waals surface area contributed by atoms with Crippen molar-refractivity contribution >= 4 is 12.1 Å². The molecule has 0 aromatic carbocycles. The van der Waals surface area contributed by atoms with Crippen LogP contribution in [0.4, 0.5) is 4.79 Å². The van der Waals surface area contributed by atoms with Crippen molar-refractivity contribution in [1.82, 2.24) is 5.32 Å². The van der Waals surface area contributed by atoms with Crippen LogP contribution >= 0.6 is 0 Å². The van der Waals surface area contributed by atoms with E-state index >= 15 is 0 Å². The number of alkyl carbamates (subject to hydrolysis) is 1. The van der Waals surface area contributed by atoms with Gasteiger partial charge < -0.3 is 15.2 Å². The fraction of sp³-hybridized carbons (Fsp3) is 0.867. The summed E-state index contributed by atoms with van der Waals surface area (Å²) >= 11 is 0. The number of nitrogens with one attached hydrogen (secondary N) is 1. The summed E-state index contributed by atoms with van der Waals surface area (Å²) in [5.41, 5.74) is -0.519. The summed E-state index contributed by atoms with van der Waals surface area (Å²) in [4.78, 5) is 22.1. The Labute approximate surface area is 123 Å². The van der Waals surface area contributed by atoms with E-state index in [1.807, 2.05) is 27.7 Å². The van der Waals surface area contributed by atoms with E-state index in [2.05, 4.69) is 5.32 Å². The highest BCUT2D eigenvalue weighted by molar-refractivity contribution is 5.71. The lowest BCUT2D eigenvalue weighted by Crippen LogP contribution is -2.38. The van der Waals surface area contributed by atoms with Crippen LogP contribution < -0.4 is 5.32 Å². The first-order valence-corrected chi connectivity index (χ1v) is 7.50. The minimum atomic E-state index is -0.784. The number of carboxylic acids is 1. The molecule has 5 nitrogen and oxygen atoms in total. The van der Waals surface area contributed by atoms with Crippen molar-refractivity contribution in [2.24, 2.45) is 5.92 Å². The molecule has 120 valence electrons. The first-order chi connectivity index (χ1) is 9.28. The SMILES string of the molecule is CC.CC.CC(C)(C)OC(=O)NC1CCC(C(=O)O)C1. The van der Waals surface area contributed by atoms with Crippen LogP contribution in [0, 0.1) is 5.92 Å². The van der Waals surface area contributed by atoms with Crippen molar-refractivity contribution in [1.29, 1.82) is 0 Å². The molecule has 0 aliphatic heterocycles. The lowest BCUT2D eigenvalue weighted by molar-refractivity contribution is -0.141. The average Bonchev–Trinajstić information content (AvgIpc) is 2.80. The lowest BCUT2D eigenvalue weighted by atomic mass is 10.1. The van der Waals surface area contributed by atoms with E-state index in [0.717, 1.165) is 0 Å². The van der Waals surface area contributed by atoms with Crippen molar-refractivity contribution in [3.05, 3.63) is 0 Å². The Kier molecular flexibility index (Phi) is 11.1. The molecule has 1 aliphatic carbocycles. The number of amides is 1. The summed E-state index contributed by atoms with van der Waals surface area (Å²) in [6.07, 6.45) is 1.35. The number of hydrogen-bond donors (Lipinski definition) is 2. The zero-order valence-electron chi connectivity index (χ0n) is 13.9. The standard InChI is InChI=1S/C11H19NO4.2C2H6/c1-11(2,3)16-10(15)12-8-5-4-7(6-8)9(13)14;2*1-2/h7-8H,4-6H2,1-3H3,(H,12,15)(H,13,14);2*1-2H3. The highest BCUT2D eigenvalue weighted by Gasteiger charge is 2.31. The predicted octanol–water partition coefficient (Wildman–Crippen LogP) is 3.82. The summed E-state index contributed by atoms with van der Waals surface area (Å²) in [7, 11) is 0. The Morgan fingerprint density at radius 2 is 1.60 bits per heavy atom. The molecule has 0 saturated heterocycles. The van der Waals surface area contributed by atoms with Crippen LogP contribution in [0.1, 0.15) is 67.7 Å². The zero-order valence-corrected chi connectivity index (χ0v) is 13.9. The fourth-order valence-corrected chi connectivity index (χ4v) is 1.81. The molecule has 0 bridgehead atoms. The number of carbonyl (C=O) groups is 2. The smallest absolute Gasteiger partial charge is 0.407 e. The monoisotopic (exact) mass is 289 g/mol. The second-order valence-corrected chi connectivity index (χ2v) is 5.19. The van der Waals surface area contributed by atoms with E-state index in [1.54, 1.807) is 20.8 Å². The van der Waals surface area contributed by atoms with Gasteiger partial charge in [-0.15, -0.1) is 0 Å². The van der Waals surface area contributed by atoms with Crippen LogP contribution in [0.2, 0.25) is 0 Å². The molecule has 0 heterocycles. The van der Waals surface area contributed by atoms with Crippen molar-refractivity contribution in [2.45, 2.75) is 79.4 Å². The van der Waals surface area contributed by atoms with Crippen molar-refractivity contribution < 1.29 is 19.4 Å². The summed E-state index contributed by atoms with van der Waals surface area (Å²) in [6.45, 7) is 13.4. The molecule has 0 radical (unpaired) electrons. The van der Waals surface area contributed by atoms with Crippen LogP contribution in [-0.2, 0) is 9.53 Å². The third-order valence-electron chi connectivity index (χ3n) is 2.50. The molecule has 2 unspecified atom stereocenters. The molecule has 5 heteroatoms. The van der Waals surface area contributed by atoms with Crippen LogP contribution in [0.15, 0.2) is 0 Å². The fourth-order valence-electron chi connectivity index (χ4n) is 1.81. The largest absolute Gasteiger partial charge is 0.481 e. The number of carbonyl (C=O) groups excluding carboxylic acids is 1. The number of rotatable bonds is 2. The Morgan fingerprint density at radius 3 is 1.95 bits per heavy atom. The van der Waals surface area contributed by atoms with Gasteiger partial charge in [0.1, 0.15) is 5.60 Å². The maximum absolute atomic E-state index is 11.4. The molecule has 20 heavy (non-hydrogen) atoms. The molecule has 0 aromatic heterocycles. The topological polar surface area (TPSA) is 75.6 Å². The Morgan fingerprint density at radius 1 is 1.10 bits per heavy atom. The van der Waals surface area contributed by atoms with Gasteiger partial charge in [-0.25, -0.2) is 4.79 Å². The van der Waals surface area contributed by atoms with Gasteiger partial charge in [0.25, 0.3) is 0 Å². The second kappa shape index (κ2) is 10.5. The molecule has 1 rings (SSSR count). The molecular formula is C15H31NO4. The highest BCUT2D eigenvalue weighted by atomic mass is 16.6. The van der Waals surface area contributed by atoms with E-state index in [4.69, 9.17) is 9.84 Å². The van der Waals surface area contributed by atoms with Gasteiger partial charge in [0.2, 0.25) is 0 Å². The zero-order chi connectivity index (χ0) is 16.3. The summed E-state index contributed by atoms with van der Waals surface area (Å²) in [6, 6.07) is -0.0732. The van der Waals surface area contributed by atoms with Crippen molar-refractivity contribution in [3.8, 4) is 0 Å². The summed E-state index contributed by atoms with van der Waals surface area (Å²) in [5, 5.41) is 11.5. The average molecular weight is 289 g/mol. The second-order valence-electron chi connectivity index (χ2n) is 5.19. The normalized spacial score (nSPS) is 20.8. The minimum Gasteiger partial charge on any atom is -0.481 e. The van der Waals surface area contributed by atoms with E-state index in [9.17, 15) is 9.59 Å². The molecular weight excluding hydrogens is 258 g/mol. The van der Waals surface area contributed by atoms with Gasteiger partial charge in [-0.05, 0) is 40.0 Å². The third kappa shape index (κ3) is 9.64. The van der Waals surface area contributed by atoms with Gasteiger partial charge in [-0.2, -0.15) is 0 Å². The van der Waals surface area contributed by atoms with E-state index < -0.39 is 17.7 Å². The third-order valence-corrected chi connectivity index (χ3v) is 2.50. The molecule has 1 fully saturated rings. The van der Waals surface area contributed by atoms with E-state index in [-0.39, 0.29) is 12.0 Å². The molecule has 1 aliphatic rings. The van der Waals surface area contributed by atoms with Crippen LogP contribution in [0.25, 0.3) is 0 Å².